The van der Waals surface area contributed by atoms with Gasteiger partial charge in [-0.25, -0.2) is 4.39 Å². The van der Waals surface area contributed by atoms with Gasteiger partial charge in [-0.1, -0.05) is 0 Å². The average molecular weight is 810 g/mol. The maximum absolute atomic E-state index is 15.3. The Bertz CT molecular complexity index is 2290. The van der Waals surface area contributed by atoms with Crippen LogP contribution in [0.25, 0.3) is 11.0 Å². The van der Waals surface area contributed by atoms with Gasteiger partial charge in [0.25, 0.3) is 11.8 Å². The average Bonchev–Trinajstić information content (AvgIpc) is 3.65. The Labute approximate surface area is 328 Å². The Morgan fingerprint density at radius 3 is 2.44 bits per heavy atom. The van der Waals surface area contributed by atoms with E-state index in [1.165, 1.54) is 49.3 Å². The maximum Gasteiger partial charge on any atom is 0.417 e. The third-order valence-electron chi connectivity index (χ3n) is 9.40. The van der Waals surface area contributed by atoms with Crippen molar-refractivity contribution in [2.24, 2.45) is 0 Å². The maximum atomic E-state index is 15.3. The second-order valence-corrected chi connectivity index (χ2v) is 13.9. The van der Waals surface area contributed by atoms with Crippen LogP contribution in [0.15, 0.2) is 65.3 Å². The fraction of sp³-hybridized carbons (Fsp3) is 0.333. The SMILES string of the molecule is CC1(C)C(=O)N(c2ccc(C#N)c(C(F)(F)F)c2)C(=S)N1c1ccc(C(=O)NCCOCCOCCOc2ccc3occ(C4CCC(=O)NC4=O)c3c2)c(F)c1. The zero-order chi connectivity index (χ0) is 41.1. The number of hydrogen-bond donors (Lipinski definition) is 2. The minimum atomic E-state index is -4.87. The number of amides is 4. The minimum absolute atomic E-state index is 0.0532. The van der Waals surface area contributed by atoms with E-state index in [0.717, 1.165) is 22.4 Å². The van der Waals surface area contributed by atoms with Gasteiger partial charge in [0, 0.05) is 29.6 Å². The van der Waals surface area contributed by atoms with Gasteiger partial charge in [-0.05, 0) is 87.1 Å². The van der Waals surface area contributed by atoms with E-state index in [9.17, 15) is 32.3 Å². The number of thiocarbonyl (C=S) groups is 1. The third-order valence-corrected chi connectivity index (χ3v) is 9.77. The smallest absolute Gasteiger partial charge is 0.417 e. The number of nitrogens with zero attached hydrogens (tertiary/aromatic N) is 3. The summed E-state index contributed by atoms with van der Waals surface area (Å²) in [7, 11) is 0. The molecule has 1 unspecified atom stereocenters. The number of alkyl halides is 3. The van der Waals surface area contributed by atoms with Gasteiger partial charge in [0.1, 0.15) is 29.3 Å². The number of hydrogen-bond acceptors (Lipinski definition) is 10. The lowest BCUT2D eigenvalue weighted by atomic mass is 9.90. The largest absolute Gasteiger partial charge is 0.491 e. The molecule has 0 spiro atoms. The van der Waals surface area contributed by atoms with Gasteiger partial charge in [-0.15, -0.1) is 0 Å². The van der Waals surface area contributed by atoms with Crippen LogP contribution in [0.4, 0.5) is 28.9 Å². The van der Waals surface area contributed by atoms with Crippen molar-refractivity contribution in [2.45, 2.75) is 44.3 Å². The van der Waals surface area contributed by atoms with E-state index >= 15 is 4.39 Å². The van der Waals surface area contributed by atoms with Gasteiger partial charge < -0.3 is 28.8 Å². The Kier molecular flexibility index (Phi) is 11.9. The topological polar surface area (TPSA) is 163 Å². The first kappa shape index (κ1) is 40.8. The van der Waals surface area contributed by atoms with Gasteiger partial charge in [0.05, 0.1) is 67.1 Å². The first-order valence-electron chi connectivity index (χ1n) is 17.6. The number of fused-ring (bicyclic) bond motifs is 1. The number of benzene rings is 3. The molecule has 0 bridgehead atoms. The lowest BCUT2D eigenvalue weighted by molar-refractivity contribution is -0.138. The van der Waals surface area contributed by atoms with Crippen LogP contribution < -0.4 is 25.2 Å². The normalized spacial score (nSPS) is 16.9. The molecule has 2 saturated heterocycles. The molecule has 3 heterocycles. The van der Waals surface area contributed by atoms with Crippen molar-refractivity contribution in [3.05, 3.63) is 88.9 Å². The highest BCUT2D eigenvalue weighted by Crippen LogP contribution is 2.40. The first-order valence-corrected chi connectivity index (χ1v) is 18.0. The molecule has 3 aromatic carbocycles. The predicted molar refractivity (Wildman–Crippen MR) is 200 cm³/mol. The van der Waals surface area contributed by atoms with E-state index in [1.54, 1.807) is 18.2 Å². The molecule has 2 N–H and O–H groups in total. The molecular formula is C39H35F4N5O8S. The van der Waals surface area contributed by atoms with Gasteiger partial charge in [0.2, 0.25) is 11.8 Å². The second-order valence-electron chi connectivity index (χ2n) is 13.5. The summed E-state index contributed by atoms with van der Waals surface area (Å²) >= 11 is 5.49. The molecule has 6 rings (SSSR count). The fourth-order valence-corrected chi connectivity index (χ4v) is 7.06. The van der Waals surface area contributed by atoms with E-state index in [1.807, 2.05) is 0 Å². The molecule has 2 aliphatic rings. The van der Waals surface area contributed by atoms with Crippen molar-refractivity contribution in [3.8, 4) is 11.8 Å². The summed E-state index contributed by atoms with van der Waals surface area (Å²) in [5, 5.41) is 14.6. The highest BCUT2D eigenvalue weighted by Gasteiger charge is 2.51. The summed E-state index contributed by atoms with van der Waals surface area (Å²) in [5.74, 6) is -2.93. The summed E-state index contributed by atoms with van der Waals surface area (Å²) in [4.78, 5) is 52.3. The molecule has 298 valence electrons. The number of carbonyl (C=O) groups is 4. The molecular weight excluding hydrogens is 775 g/mol. The van der Waals surface area contributed by atoms with Crippen LogP contribution in [0.1, 0.15) is 59.7 Å². The fourth-order valence-electron chi connectivity index (χ4n) is 6.54. The lowest BCUT2D eigenvalue weighted by Gasteiger charge is -2.29. The van der Waals surface area contributed by atoms with E-state index in [2.05, 4.69) is 10.6 Å². The van der Waals surface area contributed by atoms with Crippen LogP contribution in [0.5, 0.6) is 5.75 Å². The van der Waals surface area contributed by atoms with Crippen LogP contribution >= 0.6 is 12.2 Å². The highest BCUT2D eigenvalue weighted by atomic mass is 32.1. The molecule has 4 aromatic rings. The van der Waals surface area contributed by atoms with E-state index in [4.69, 9.17) is 36.1 Å². The summed E-state index contributed by atoms with van der Waals surface area (Å²) in [5.41, 5.74) is -2.45. The number of imide groups is 1. The van der Waals surface area contributed by atoms with E-state index < -0.39 is 46.4 Å². The van der Waals surface area contributed by atoms with Crippen molar-refractivity contribution < 1.29 is 55.4 Å². The first-order chi connectivity index (χ1) is 27.1. The number of piperidine rings is 1. The van der Waals surface area contributed by atoms with Gasteiger partial charge in [-0.3, -0.25) is 29.4 Å². The van der Waals surface area contributed by atoms with Crippen molar-refractivity contribution >= 4 is 63.3 Å². The number of ether oxygens (including phenoxy) is 3. The standard InChI is InChI=1S/C39H35F4N5O8S/c1-38(2)36(52)47(23-4-3-22(20-44)30(17-23)39(41,42)43)37(57)48(38)24-5-7-27(31(40)18-24)34(50)45-11-12-53-13-14-54-15-16-55-25-6-9-32-28(19-25)29(21-56-32)26-8-10-33(49)46-35(26)51/h3-7,9,17-19,21,26H,8,10-16H2,1-2H3,(H,45,50)(H,46,49,51). The Hall–Kier alpha value is -5.90. The minimum Gasteiger partial charge on any atom is -0.491 e. The molecule has 1 aromatic heterocycles. The summed E-state index contributed by atoms with van der Waals surface area (Å²) in [6.45, 7) is 4.02. The molecule has 1 atom stereocenters. The van der Waals surface area contributed by atoms with Crippen LogP contribution in [-0.2, 0) is 30.0 Å². The van der Waals surface area contributed by atoms with Gasteiger partial charge in [-0.2, -0.15) is 18.4 Å². The molecule has 0 saturated carbocycles. The lowest BCUT2D eigenvalue weighted by Crippen LogP contribution is -2.44. The number of nitriles is 1. The number of anilines is 2. The summed E-state index contributed by atoms with van der Waals surface area (Å²) < 4.78 is 78.7. The number of rotatable bonds is 14. The molecule has 0 aliphatic carbocycles. The van der Waals surface area contributed by atoms with Crippen LogP contribution in [0.3, 0.4) is 0 Å². The Morgan fingerprint density at radius 1 is 1.02 bits per heavy atom. The third kappa shape index (κ3) is 8.60. The zero-order valence-corrected chi connectivity index (χ0v) is 31.4. The highest BCUT2D eigenvalue weighted by molar-refractivity contribution is 7.81. The summed E-state index contributed by atoms with van der Waals surface area (Å²) in [6, 6.07) is 13.1. The number of carbonyl (C=O) groups excluding carboxylic acids is 4. The van der Waals surface area contributed by atoms with Crippen molar-refractivity contribution in [2.75, 3.05) is 49.4 Å². The van der Waals surface area contributed by atoms with Crippen LogP contribution in [0, 0.1) is 17.1 Å². The molecule has 13 nitrogen and oxygen atoms in total. The number of furan rings is 1. The molecule has 2 fully saturated rings. The van der Waals surface area contributed by atoms with Crippen molar-refractivity contribution in [3.63, 3.8) is 0 Å². The molecule has 18 heteroatoms. The Balaban J connectivity index is 0.933. The monoisotopic (exact) mass is 809 g/mol. The van der Waals surface area contributed by atoms with Crippen molar-refractivity contribution in [1.29, 1.82) is 5.26 Å². The van der Waals surface area contributed by atoms with Gasteiger partial charge in [0.15, 0.2) is 5.11 Å². The quantitative estimate of drug-likeness (QED) is 0.0691. The van der Waals surface area contributed by atoms with Crippen molar-refractivity contribution in [1.82, 2.24) is 10.6 Å². The number of nitrogens with one attached hydrogen (secondary N) is 2. The van der Waals surface area contributed by atoms with E-state index in [0.29, 0.717) is 29.4 Å². The zero-order valence-electron chi connectivity index (χ0n) is 30.5. The molecule has 57 heavy (non-hydrogen) atoms. The second kappa shape index (κ2) is 16.7. The van der Waals surface area contributed by atoms with Gasteiger partial charge >= 0.3 is 6.18 Å². The molecule has 4 amide bonds. The molecule has 0 radical (unpaired) electrons. The Morgan fingerprint density at radius 2 is 1.74 bits per heavy atom. The predicted octanol–water partition coefficient (Wildman–Crippen LogP) is 5.74. The summed E-state index contributed by atoms with van der Waals surface area (Å²) in [6.07, 6.45) is -2.70. The van der Waals surface area contributed by atoms with E-state index in [-0.39, 0.29) is 79.9 Å². The van der Waals surface area contributed by atoms with Crippen LogP contribution in [-0.4, -0.2) is 73.9 Å². The number of halogens is 4. The molecule has 2 aliphatic heterocycles. The van der Waals surface area contributed by atoms with Crippen LogP contribution in [0.2, 0.25) is 0 Å².